The van der Waals surface area contributed by atoms with Crippen molar-refractivity contribution in [2.75, 3.05) is 6.61 Å². The normalized spacial score (nSPS) is 11.0. The molecule has 158 valence electrons. The third kappa shape index (κ3) is 5.90. The average Bonchev–Trinajstić information content (AvgIpc) is 3.08. The van der Waals surface area contributed by atoms with E-state index in [0.717, 1.165) is 5.56 Å². The van der Waals surface area contributed by atoms with E-state index in [0.29, 0.717) is 21.4 Å². The maximum Gasteiger partial charge on any atom is 0.227 e. The van der Waals surface area contributed by atoms with E-state index in [-0.39, 0.29) is 42.9 Å². The highest BCUT2D eigenvalue weighted by atomic mass is 35.5. The highest BCUT2D eigenvalue weighted by Gasteiger charge is 2.16. The molecule has 2 N–H and O–H groups in total. The first-order chi connectivity index (χ1) is 14.4. The predicted octanol–water partition coefficient (Wildman–Crippen LogP) is 4.39. The van der Waals surface area contributed by atoms with Crippen molar-refractivity contribution in [1.82, 2.24) is 20.1 Å². The lowest BCUT2D eigenvalue weighted by Crippen LogP contribution is -2.26. The molecule has 1 amide bonds. The van der Waals surface area contributed by atoms with Crippen LogP contribution in [-0.4, -0.2) is 32.5 Å². The molecule has 0 aliphatic heterocycles. The molecule has 1 aromatic heterocycles. The maximum absolute atomic E-state index is 13.8. The van der Waals surface area contributed by atoms with Gasteiger partial charge in [-0.2, -0.15) is 5.10 Å². The highest BCUT2D eigenvalue weighted by Crippen LogP contribution is 2.22. The largest absolute Gasteiger partial charge is 0.352 e. The van der Waals surface area contributed by atoms with Crippen molar-refractivity contribution in [2.24, 2.45) is 0 Å². The lowest BCUT2D eigenvalue weighted by molar-refractivity contribution is -0.244. The van der Waals surface area contributed by atoms with Crippen LogP contribution in [0.25, 0.3) is 11.4 Å². The molecule has 30 heavy (non-hydrogen) atoms. The number of benzene rings is 2. The van der Waals surface area contributed by atoms with Gasteiger partial charge in [0.05, 0.1) is 18.0 Å². The number of nitrogens with zero attached hydrogens (tertiary/aromatic N) is 3. The van der Waals surface area contributed by atoms with Crippen LogP contribution in [0.5, 0.6) is 0 Å². The standard InChI is InChI=1S/C19H16Cl3FN4O3/c20-13-5-11(6-14(21)8-13)10-24-18(28)9-17-25-19(26-27(17)3-4-30-29)12-1-2-15(22)16(23)7-12/h1-2,5-8,29H,3-4,9-10H2,(H,24,28). The summed E-state index contributed by atoms with van der Waals surface area (Å²) in [7, 11) is 0. The third-order valence-corrected chi connectivity index (χ3v) is 4.79. The van der Waals surface area contributed by atoms with Crippen LogP contribution in [0.1, 0.15) is 11.4 Å². The molecule has 0 atom stereocenters. The molecule has 0 radical (unpaired) electrons. The second kappa shape index (κ2) is 10.2. The van der Waals surface area contributed by atoms with Crippen molar-refractivity contribution >= 4 is 40.7 Å². The van der Waals surface area contributed by atoms with E-state index in [2.05, 4.69) is 20.3 Å². The summed E-state index contributed by atoms with van der Waals surface area (Å²) in [6, 6.07) is 9.16. The molecule has 0 saturated heterocycles. The van der Waals surface area contributed by atoms with Crippen LogP contribution in [0.15, 0.2) is 36.4 Å². The molecule has 11 heteroatoms. The number of rotatable bonds is 8. The first kappa shape index (κ1) is 22.5. The Morgan fingerprint density at radius 1 is 1.17 bits per heavy atom. The summed E-state index contributed by atoms with van der Waals surface area (Å²) >= 11 is 17.6. The van der Waals surface area contributed by atoms with Gasteiger partial charge in [-0.1, -0.05) is 34.8 Å². The minimum atomic E-state index is -0.608. The van der Waals surface area contributed by atoms with Gasteiger partial charge in [-0.25, -0.2) is 18.9 Å². The van der Waals surface area contributed by atoms with Gasteiger partial charge in [0.25, 0.3) is 0 Å². The van der Waals surface area contributed by atoms with Crippen LogP contribution in [0.3, 0.4) is 0 Å². The molecule has 0 bridgehead atoms. The Hall–Kier alpha value is -2.23. The summed E-state index contributed by atoms with van der Waals surface area (Å²) in [5, 5.41) is 16.6. The van der Waals surface area contributed by atoms with E-state index >= 15 is 0 Å². The summed E-state index contributed by atoms with van der Waals surface area (Å²) in [5.74, 6) is -0.394. The summed E-state index contributed by atoms with van der Waals surface area (Å²) in [5.41, 5.74) is 1.14. The Morgan fingerprint density at radius 2 is 1.90 bits per heavy atom. The zero-order valence-corrected chi connectivity index (χ0v) is 17.7. The number of nitrogens with one attached hydrogen (secondary N) is 1. The van der Waals surface area contributed by atoms with Gasteiger partial charge >= 0.3 is 0 Å². The van der Waals surface area contributed by atoms with Crippen molar-refractivity contribution in [3.8, 4) is 11.4 Å². The van der Waals surface area contributed by atoms with Crippen LogP contribution in [0.4, 0.5) is 4.39 Å². The van der Waals surface area contributed by atoms with Gasteiger partial charge in [-0.15, -0.1) is 0 Å². The van der Waals surface area contributed by atoms with Crippen LogP contribution in [-0.2, 0) is 29.2 Å². The number of aromatic nitrogens is 3. The van der Waals surface area contributed by atoms with Gasteiger partial charge in [0.1, 0.15) is 18.2 Å². The molecule has 0 aliphatic carbocycles. The molecule has 2 aromatic carbocycles. The minimum absolute atomic E-state index is 0.0208. The van der Waals surface area contributed by atoms with Gasteiger partial charge < -0.3 is 5.32 Å². The second-order valence-corrected chi connectivity index (χ2v) is 7.55. The van der Waals surface area contributed by atoms with Gasteiger partial charge in [0.2, 0.25) is 5.91 Å². The minimum Gasteiger partial charge on any atom is -0.352 e. The van der Waals surface area contributed by atoms with Crippen molar-refractivity contribution < 1.29 is 19.3 Å². The topological polar surface area (TPSA) is 89.3 Å². The van der Waals surface area contributed by atoms with Crippen LogP contribution in [0, 0.1) is 5.82 Å². The monoisotopic (exact) mass is 472 g/mol. The fourth-order valence-electron chi connectivity index (χ4n) is 2.69. The number of hydrogen-bond acceptors (Lipinski definition) is 5. The van der Waals surface area contributed by atoms with Gasteiger partial charge in [-0.05, 0) is 42.0 Å². The molecule has 3 rings (SSSR count). The Morgan fingerprint density at radius 3 is 2.57 bits per heavy atom. The van der Waals surface area contributed by atoms with E-state index in [9.17, 15) is 9.18 Å². The Balaban J connectivity index is 1.75. The van der Waals surface area contributed by atoms with E-state index in [1.807, 2.05) is 0 Å². The molecule has 0 unspecified atom stereocenters. The zero-order chi connectivity index (χ0) is 21.7. The van der Waals surface area contributed by atoms with E-state index in [1.165, 1.54) is 16.8 Å². The van der Waals surface area contributed by atoms with E-state index in [1.54, 1.807) is 24.3 Å². The lowest BCUT2D eigenvalue weighted by Gasteiger charge is -2.07. The molecule has 1 heterocycles. The first-order valence-electron chi connectivity index (χ1n) is 8.73. The number of carbonyl (C=O) groups is 1. The molecule has 0 fully saturated rings. The molecular formula is C19H16Cl3FN4O3. The molecule has 3 aromatic rings. The van der Waals surface area contributed by atoms with Crippen molar-refractivity contribution in [3.05, 3.63) is 68.7 Å². The Bertz CT molecular complexity index is 1040. The maximum atomic E-state index is 13.8. The highest BCUT2D eigenvalue weighted by molar-refractivity contribution is 6.34. The quantitative estimate of drug-likeness (QED) is 0.374. The third-order valence-electron chi connectivity index (χ3n) is 4.05. The fraction of sp³-hybridized carbons (Fsp3) is 0.211. The summed E-state index contributed by atoms with van der Waals surface area (Å²) in [4.78, 5) is 20.8. The molecule has 7 nitrogen and oxygen atoms in total. The average molecular weight is 474 g/mol. The summed E-state index contributed by atoms with van der Waals surface area (Å²) in [6.45, 7) is 0.307. The van der Waals surface area contributed by atoms with E-state index in [4.69, 9.17) is 40.1 Å². The van der Waals surface area contributed by atoms with Crippen molar-refractivity contribution in [2.45, 2.75) is 19.5 Å². The first-order valence-corrected chi connectivity index (χ1v) is 9.86. The number of hydrogen-bond donors (Lipinski definition) is 2. The lowest BCUT2D eigenvalue weighted by atomic mass is 10.2. The molecular weight excluding hydrogens is 458 g/mol. The van der Waals surface area contributed by atoms with Crippen molar-refractivity contribution in [3.63, 3.8) is 0 Å². The summed E-state index contributed by atoms with van der Waals surface area (Å²) in [6.07, 6.45) is -0.0944. The molecule has 0 aliphatic rings. The molecule has 0 spiro atoms. The van der Waals surface area contributed by atoms with Gasteiger partial charge in [0, 0.05) is 22.2 Å². The van der Waals surface area contributed by atoms with Crippen LogP contribution < -0.4 is 5.32 Å². The number of carbonyl (C=O) groups excluding carboxylic acids is 1. The number of halogens is 4. The Labute approximate surface area is 186 Å². The van der Waals surface area contributed by atoms with Crippen LogP contribution in [0.2, 0.25) is 15.1 Å². The fourth-order valence-corrected chi connectivity index (χ4v) is 3.38. The van der Waals surface area contributed by atoms with Gasteiger partial charge in [0.15, 0.2) is 5.82 Å². The molecule has 0 saturated carbocycles. The van der Waals surface area contributed by atoms with Gasteiger partial charge in [-0.3, -0.25) is 10.1 Å². The SMILES string of the molecule is O=C(Cc1nc(-c2ccc(Cl)c(F)c2)nn1CCOO)NCc1cc(Cl)cc(Cl)c1. The smallest absolute Gasteiger partial charge is 0.227 e. The predicted molar refractivity (Wildman–Crippen MR) is 111 cm³/mol. The van der Waals surface area contributed by atoms with Crippen molar-refractivity contribution in [1.29, 1.82) is 0 Å². The summed E-state index contributed by atoms with van der Waals surface area (Å²) < 4.78 is 15.2. The second-order valence-electron chi connectivity index (χ2n) is 6.27. The van der Waals surface area contributed by atoms with E-state index < -0.39 is 5.82 Å². The number of amides is 1. The zero-order valence-electron chi connectivity index (χ0n) is 15.4. The Kier molecular flexibility index (Phi) is 7.63. The van der Waals surface area contributed by atoms with Crippen LogP contribution >= 0.6 is 34.8 Å².